The molecule has 0 aliphatic rings. The molecule has 0 radical (unpaired) electrons. The average Bonchev–Trinajstić information content (AvgIpc) is 3.42. The second-order valence-corrected chi connectivity index (χ2v) is 19.7. The highest BCUT2D eigenvalue weighted by molar-refractivity contribution is 6.41. The minimum Gasteiger partial charge on any atom is -0.306 e. The lowest BCUT2D eigenvalue weighted by Crippen LogP contribution is -2.11. The zero-order chi connectivity index (χ0) is 37.3. The smallest absolute Gasteiger partial charge is 0.0649 e. The van der Waals surface area contributed by atoms with Crippen molar-refractivity contribution >= 4 is 76.5 Å². The number of hydrogen-bond acceptors (Lipinski definition) is 0. The fourth-order valence-corrected chi connectivity index (χ4v) is 8.48. The first-order valence-electron chi connectivity index (χ1n) is 18.9. The van der Waals surface area contributed by atoms with Gasteiger partial charge in [0.05, 0.1) is 21.7 Å². The standard InChI is InChI=1S/C50H52ClN/c1-47(2,3)29-17-21-33-37(25-29)39-27-31(49(7,8)9)19-23-35(39)45-43(33)44-34-22-18-30(48(4,5)6)26-38(34)40-28-32(50(10,11)12)20-24-36(40)46(44)52(45)42-16-14-13-15-41(42)51/h13-28H,1-12H3. The molecular formula is C50H52ClN. The van der Waals surface area contributed by atoms with E-state index in [2.05, 4.69) is 173 Å². The number of hydrogen-bond donors (Lipinski definition) is 0. The number of para-hydroxylation sites is 1. The van der Waals surface area contributed by atoms with Gasteiger partial charge in [-0.25, -0.2) is 0 Å². The predicted octanol–water partition coefficient (Wildman–Crippen LogP) is 15.2. The molecule has 0 spiro atoms. The van der Waals surface area contributed by atoms with Gasteiger partial charge in [0.15, 0.2) is 0 Å². The Labute approximate surface area is 314 Å². The van der Waals surface area contributed by atoms with Crippen molar-refractivity contribution < 1.29 is 0 Å². The first-order chi connectivity index (χ1) is 24.2. The Morgan fingerprint density at radius 3 is 1.00 bits per heavy atom. The van der Waals surface area contributed by atoms with Crippen molar-refractivity contribution in [2.75, 3.05) is 0 Å². The van der Waals surface area contributed by atoms with Crippen LogP contribution in [0.15, 0.2) is 97.1 Å². The number of aromatic nitrogens is 1. The van der Waals surface area contributed by atoms with Crippen molar-refractivity contribution in [2.24, 2.45) is 0 Å². The van der Waals surface area contributed by atoms with Crippen molar-refractivity contribution in [1.29, 1.82) is 0 Å². The summed E-state index contributed by atoms with van der Waals surface area (Å²) < 4.78 is 2.50. The summed E-state index contributed by atoms with van der Waals surface area (Å²) in [5, 5.41) is 13.6. The SMILES string of the molecule is CC(C)(C)c1ccc2c(c1)c1cc(C(C)(C)C)ccc1c1c2c2c3ccc(C(C)(C)C)cc3c3cc(C(C)(C)C)ccc3c2n1-c1ccccc1Cl. The molecule has 0 amide bonds. The molecule has 0 atom stereocenters. The van der Waals surface area contributed by atoms with E-state index in [1.165, 1.54) is 87.1 Å². The molecule has 2 heteroatoms. The molecule has 0 saturated carbocycles. The first-order valence-corrected chi connectivity index (χ1v) is 19.3. The molecule has 0 fully saturated rings. The predicted molar refractivity (Wildman–Crippen MR) is 231 cm³/mol. The Hall–Kier alpha value is -4.33. The average molecular weight is 702 g/mol. The van der Waals surface area contributed by atoms with E-state index < -0.39 is 0 Å². The third kappa shape index (κ3) is 5.34. The lowest BCUT2D eigenvalue weighted by molar-refractivity contribution is 0.590. The van der Waals surface area contributed by atoms with E-state index in [9.17, 15) is 0 Å². The molecule has 0 bridgehead atoms. The maximum atomic E-state index is 7.25. The van der Waals surface area contributed by atoms with Crippen LogP contribution in [-0.2, 0) is 21.7 Å². The van der Waals surface area contributed by atoms with Crippen molar-refractivity contribution in [3.05, 3.63) is 124 Å². The molecule has 0 saturated heterocycles. The molecule has 1 aromatic heterocycles. The summed E-state index contributed by atoms with van der Waals surface area (Å²) in [6.07, 6.45) is 0. The summed E-state index contributed by atoms with van der Waals surface area (Å²) in [5.41, 5.74) is 8.83. The van der Waals surface area contributed by atoms with Gasteiger partial charge in [0.25, 0.3) is 0 Å². The maximum absolute atomic E-state index is 7.25. The molecule has 0 aliphatic carbocycles. The van der Waals surface area contributed by atoms with Gasteiger partial charge in [-0.2, -0.15) is 0 Å². The molecule has 8 aromatic rings. The quantitative estimate of drug-likeness (QED) is 0.150. The summed E-state index contributed by atoms with van der Waals surface area (Å²) in [4.78, 5) is 0. The fraction of sp³-hybridized carbons (Fsp3) is 0.320. The third-order valence-corrected chi connectivity index (χ3v) is 11.8. The number of fused-ring (bicyclic) bond motifs is 13. The number of nitrogens with zero attached hydrogens (tertiary/aromatic N) is 1. The second-order valence-electron chi connectivity index (χ2n) is 19.3. The Kier molecular flexibility index (Phi) is 7.57. The summed E-state index contributed by atoms with van der Waals surface area (Å²) in [6.45, 7) is 27.8. The topological polar surface area (TPSA) is 4.93 Å². The van der Waals surface area contributed by atoms with Gasteiger partial charge < -0.3 is 4.57 Å². The van der Waals surface area contributed by atoms with Crippen LogP contribution in [0.4, 0.5) is 0 Å². The van der Waals surface area contributed by atoms with Gasteiger partial charge in [0.1, 0.15) is 0 Å². The maximum Gasteiger partial charge on any atom is 0.0649 e. The normalized spacial score (nSPS) is 13.5. The molecule has 8 rings (SSSR count). The summed E-state index contributed by atoms with van der Waals surface area (Å²) in [5.74, 6) is 0. The largest absolute Gasteiger partial charge is 0.306 e. The van der Waals surface area contributed by atoms with E-state index in [4.69, 9.17) is 11.6 Å². The molecule has 1 nitrogen and oxygen atoms in total. The van der Waals surface area contributed by atoms with Crippen molar-refractivity contribution in [1.82, 2.24) is 4.57 Å². The van der Waals surface area contributed by atoms with Crippen LogP contribution in [0, 0.1) is 0 Å². The summed E-state index contributed by atoms with van der Waals surface area (Å²) >= 11 is 7.25. The second kappa shape index (κ2) is 11.3. The minimum absolute atomic E-state index is 0.00841. The van der Waals surface area contributed by atoms with E-state index in [0.29, 0.717) is 0 Å². The monoisotopic (exact) mass is 701 g/mol. The molecular weight excluding hydrogens is 650 g/mol. The molecule has 0 N–H and O–H groups in total. The van der Waals surface area contributed by atoms with Gasteiger partial charge in [-0.1, -0.05) is 155 Å². The zero-order valence-electron chi connectivity index (χ0n) is 33.1. The number of benzene rings is 7. The van der Waals surface area contributed by atoms with Gasteiger partial charge in [0, 0.05) is 21.5 Å². The number of rotatable bonds is 1. The van der Waals surface area contributed by atoms with Crippen LogP contribution in [0.2, 0.25) is 5.02 Å². The van der Waals surface area contributed by atoms with E-state index in [-0.39, 0.29) is 21.7 Å². The van der Waals surface area contributed by atoms with Crippen molar-refractivity contribution in [2.45, 2.75) is 105 Å². The molecule has 52 heavy (non-hydrogen) atoms. The fourth-order valence-electron chi connectivity index (χ4n) is 8.26. The summed E-state index contributed by atoms with van der Waals surface area (Å²) in [7, 11) is 0. The van der Waals surface area contributed by atoms with Crippen molar-refractivity contribution in [3.8, 4) is 5.69 Å². The van der Waals surface area contributed by atoms with Gasteiger partial charge in [0.2, 0.25) is 0 Å². The van der Waals surface area contributed by atoms with E-state index in [1.807, 2.05) is 12.1 Å². The Morgan fingerprint density at radius 2 is 0.673 bits per heavy atom. The highest BCUT2D eigenvalue weighted by Gasteiger charge is 2.27. The van der Waals surface area contributed by atoms with Crippen LogP contribution >= 0.6 is 11.6 Å². The Balaban J connectivity index is 1.75. The molecule has 0 aliphatic heterocycles. The van der Waals surface area contributed by atoms with E-state index in [0.717, 1.165) is 10.7 Å². The lowest BCUT2D eigenvalue weighted by atomic mass is 9.81. The first kappa shape index (κ1) is 34.7. The zero-order valence-corrected chi connectivity index (χ0v) is 33.8. The molecule has 1 heterocycles. The van der Waals surface area contributed by atoms with Crippen LogP contribution in [0.25, 0.3) is 70.6 Å². The van der Waals surface area contributed by atoms with Crippen LogP contribution in [-0.4, -0.2) is 4.57 Å². The molecule has 7 aromatic carbocycles. The molecule has 0 unspecified atom stereocenters. The Bertz CT molecular complexity index is 2590. The number of halogens is 1. The lowest BCUT2D eigenvalue weighted by Gasteiger charge is -2.23. The highest BCUT2D eigenvalue weighted by atomic mass is 35.5. The van der Waals surface area contributed by atoms with Crippen LogP contribution in [0.1, 0.15) is 105 Å². The van der Waals surface area contributed by atoms with Gasteiger partial charge >= 0.3 is 0 Å². The van der Waals surface area contributed by atoms with Crippen LogP contribution in [0.3, 0.4) is 0 Å². The van der Waals surface area contributed by atoms with Gasteiger partial charge in [-0.05, 0) is 113 Å². The third-order valence-electron chi connectivity index (χ3n) is 11.4. The summed E-state index contributed by atoms with van der Waals surface area (Å²) in [6, 6.07) is 37.2. The minimum atomic E-state index is 0.00841. The van der Waals surface area contributed by atoms with Crippen LogP contribution < -0.4 is 0 Å². The van der Waals surface area contributed by atoms with Gasteiger partial charge in [-0.15, -0.1) is 0 Å². The Morgan fingerprint density at radius 1 is 0.365 bits per heavy atom. The molecule has 264 valence electrons. The van der Waals surface area contributed by atoms with Gasteiger partial charge in [-0.3, -0.25) is 0 Å². The van der Waals surface area contributed by atoms with E-state index in [1.54, 1.807) is 0 Å². The van der Waals surface area contributed by atoms with E-state index >= 15 is 0 Å². The van der Waals surface area contributed by atoms with Crippen LogP contribution in [0.5, 0.6) is 0 Å². The highest BCUT2D eigenvalue weighted by Crippen LogP contribution is 2.50. The van der Waals surface area contributed by atoms with Crippen molar-refractivity contribution in [3.63, 3.8) is 0 Å².